The van der Waals surface area contributed by atoms with Crippen LogP contribution in [0.1, 0.15) is 25.3 Å². The molecule has 1 atom stereocenters. The third kappa shape index (κ3) is 4.85. The number of amides is 4. The van der Waals surface area contributed by atoms with Crippen LogP contribution >= 0.6 is 0 Å². The van der Waals surface area contributed by atoms with Crippen molar-refractivity contribution in [2.75, 3.05) is 11.9 Å². The Labute approximate surface area is 197 Å². The number of hydrogen-bond acceptors (Lipinski definition) is 5. The Morgan fingerprint density at radius 1 is 0.882 bits per heavy atom. The molecule has 1 heterocycles. The summed E-state index contributed by atoms with van der Waals surface area (Å²) in [5.41, 5.74) is 1.45. The zero-order chi connectivity index (χ0) is 24.0. The van der Waals surface area contributed by atoms with Crippen molar-refractivity contribution in [3.05, 3.63) is 90.5 Å². The molecule has 0 spiro atoms. The van der Waals surface area contributed by atoms with Crippen LogP contribution in [0.25, 0.3) is 0 Å². The summed E-state index contributed by atoms with van der Waals surface area (Å²) in [6.07, 6.45) is 1.13. The molecule has 1 fully saturated rings. The maximum Gasteiger partial charge on any atom is 0.325 e. The SMILES string of the molecule is CCCC1(c2ccccc2)NC(=O)N(CC(=O)Nc2ccc(N=Nc3ccccc3)cc2)C1=O. The first kappa shape index (κ1) is 22.8. The highest BCUT2D eigenvalue weighted by Crippen LogP contribution is 2.33. The molecule has 1 saturated heterocycles. The highest BCUT2D eigenvalue weighted by atomic mass is 16.2. The second kappa shape index (κ2) is 10.1. The van der Waals surface area contributed by atoms with Crippen molar-refractivity contribution < 1.29 is 14.4 Å². The van der Waals surface area contributed by atoms with Gasteiger partial charge >= 0.3 is 6.03 Å². The van der Waals surface area contributed by atoms with E-state index in [2.05, 4.69) is 20.9 Å². The fourth-order valence-corrected chi connectivity index (χ4v) is 3.94. The molecular weight excluding hydrogens is 430 g/mol. The number of carbonyl (C=O) groups excluding carboxylic acids is 3. The van der Waals surface area contributed by atoms with Crippen molar-refractivity contribution in [3.8, 4) is 0 Å². The molecule has 0 aromatic heterocycles. The number of anilines is 1. The Morgan fingerprint density at radius 3 is 2.09 bits per heavy atom. The number of urea groups is 1. The number of carbonyl (C=O) groups is 3. The molecule has 3 aromatic carbocycles. The van der Waals surface area contributed by atoms with Crippen LogP contribution in [0.5, 0.6) is 0 Å². The Hall–Kier alpha value is -4.33. The smallest absolute Gasteiger partial charge is 0.325 e. The summed E-state index contributed by atoms with van der Waals surface area (Å²) < 4.78 is 0. The van der Waals surface area contributed by atoms with E-state index in [9.17, 15) is 14.4 Å². The normalized spacial score (nSPS) is 17.7. The quantitative estimate of drug-likeness (QED) is 0.356. The van der Waals surface area contributed by atoms with Gasteiger partial charge in [-0.05, 0) is 48.4 Å². The topological polar surface area (TPSA) is 103 Å². The van der Waals surface area contributed by atoms with E-state index >= 15 is 0 Å². The van der Waals surface area contributed by atoms with Crippen LogP contribution in [0.4, 0.5) is 21.9 Å². The van der Waals surface area contributed by atoms with Crippen LogP contribution in [0.15, 0.2) is 95.2 Å². The third-order valence-corrected chi connectivity index (χ3v) is 5.56. The molecule has 2 N–H and O–H groups in total. The average Bonchev–Trinajstić information content (AvgIpc) is 3.10. The Morgan fingerprint density at radius 2 is 1.47 bits per heavy atom. The zero-order valence-electron chi connectivity index (χ0n) is 18.8. The minimum Gasteiger partial charge on any atom is -0.325 e. The van der Waals surface area contributed by atoms with E-state index in [1.807, 2.05) is 67.6 Å². The molecule has 0 saturated carbocycles. The second-order valence-electron chi connectivity index (χ2n) is 7.97. The van der Waals surface area contributed by atoms with Gasteiger partial charge in [0.25, 0.3) is 5.91 Å². The average molecular weight is 456 g/mol. The summed E-state index contributed by atoms with van der Waals surface area (Å²) in [5, 5.41) is 13.9. The van der Waals surface area contributed by atoms with Gasteiger partial charge in [-0.1, -0.05) is 61.9 Å². The van der Waals surface area contributed by atoms with E-state index in [-0.39, 0.29) is 6.54 Å². The molecule has 4 amide bonds. The number of imide groups is 1. The van der Waals surface area contributed by atoms with Gasteiger partial charge in [0.1, 0.15) is 12.1 Å². The minimum atomic E-state index is -1.15. The summed E-state index contributed by atoms with van der Waals surface area (Å²) in [5.74, 6) is -0.889. The molecule has 0 bridgehead atoms. The lowest BCUT2D eigenvalue weighted by atomic mass is 9.85. The maximum atomic E-state index is 13.3. The summed E-state index contributed by atoms with van der Waals surface area (Å²) in [4.78, 5) is 39.6. The van der Waals surface area contributed by atoms with Gasteiger partial charge in [0, 0.05) is 5.69 Å². The Kier molecular flexibility index (Phi) is 6.77. The van der Waals surface area contributed by atoms with Crippen molar-refractivity contribution in [1.29, 1.82) is 0 Å². The standard InChI is InChI=1S/C26H25N5O3/c1-2-17-26(19-9-5-3-6-10-19)24(33)31(25(34)28-26)18-23(32)27-20-13-15-22(16-14-20)30-29-21-11-7-4-8-12-21/h3-16H,2,17-18H2,1H3,(H,27,32)(H,28,34). The molecule has 1 unspecified atom stereocenters. The van der Waals surface area contributed by atoms with Gasteiger partial charge in [-0.15, -0.1) is 0 Å². The molecular formula is C26H25N5O3. The lowest BCUT2D eigenvalue weighted by molar-refractivity contribution is -0.134. The van der Waals surface area contributed by atoms with E-state index in [0.29, 0.717) is 29.8 Å². The van der Waals surface area contributed by atoms with Crippen molar-refractivity contribution in [1.82, 2.24) is 10.2 Å². The fraction of sp³-hybridized carbons (Fsp3) is 0.192. The number of benzene rings is 3. The third-order valence-electron chi connectivity index (χ3n) is 5.56. The molecule has 1 aliphatic rings. The molecule has 34 heavy (non-hydrogen) atoms. The van der Waals surface area contributed by atoms with Crippen LogP contribution in [0, 0.1) is 0 Å². The van der Waals surface area contributed by atoms with Crippen LogP contribution in [-0.2, 0) is 15.1 Å². The summed E-state index contributed by atoms with van der Waals surface area (Å²) >= 11 is 0. The van der Waals surface area contributed by atoms with Gasteiger partial charge in [-0.2, -0.15) is 10.2 Å². The van der Waals surface area contributed by atoms with Gasteiger partial charge in [0.2, 0.25) is 5.91 Å². The van der Waals surface area contributed by atoms with E-state index < -0.39 is 23.4 Å². The number of azo groups is 1. The highest BCUT2D eigenvalue weighted by molar-refractivity contribution is 6.10. The Balaban J connectivity index is 1.41. The first-order chi connectivity index (χ1) is 16.5. The number of hydrogen-bond donors (Lipinski definition) is 2. The van der Waals surface area contributed by atoms with Crippen molar-refractivity contribution in [2.24, 2.45) is 10.2 Å². The number of nitrogens with one attached hydrogen (secondary N) is 2. The monoisotopic (exact) mass is 455 g/mol. The molecule has 0 aliphatic carbocycles. The lowest BCUT2D eigenvalue weighted by Gasteiger charge is -2.26. The lowest BCUT2D eigenvalue weighted by Crippen LogP contribution is -2.44. The molecule has 172 valence electrons. The predicted molar refractivity (Wildman–Crippen MR) is 129 cm³/mol. The molecule has 8 heteroatoms. The van der Waals surface area contributed by atoms with Crippen LogP contribution in [0.2, 0.25) is 0 Å². The molecule has 0 radical (unpaired) electrons. The zero-order valence-corrected chi connectivity index (χ0v) is 18.8. The van der Waals surface area contributed by atoms with Gasteiger partial charge in [0.05, 0.1) is 11.4 Å². The van der Waals surface area contributed by atoms with Crippen LogP contribution in [0.3, 0.4) is 0 Å². The summed E-state index contributed by atoms with van der Waals surface area (Å²) in [6.45, 7) is 1.57. The summed E-state index contributed by atoms with van der Waals surface area (Å²) in [6, 6.07) is 24.7. The van der Waals surface area contributed by atoms with E-state index in [1.165, 1.54) is 0 Å². The fourth-order valence-electron chi connectivity index (χ4n) is 3.94. The highest BCUT2D eigenvalue weighted by Gasteiger charge is 2.52. The van der Waals surface area contributed by atoms with Gasteiger partial charge in [-0.3, -0.25) is 14.5 Å². The first-order valence-electron chi connectivity index (χ1n) is 11.1. The van der Waals surface area contributed by atoms with Gasteiger partial charge in [-0.25, -0.2) is 4.79 Å². The number of rotatable bonds is 8. The molecule has 1 aliphatic heterocycles. The molecule has 4 rings (SSSR count). The van der Waals surface area contributed by atoms with Crippen molar-refractivity contribution >= 4 is 34.9 Å². The second-order valence-corrected chi connectivity index (χ2v) is 7.97. The predicted octanol–water partition coefficient (Wildman–Crippen LogP) is 5.29. The van der Waals surface area contributed by atoms with Gasteiger partial charge in [0.15, 0.2) is 0 Å². The molecule has 3 aromatic rings. The number of nitrogens with zero attached hydrogens (tertiary/aromatic N) is 3. The minimum absolute atomic E-state index is 0.377. The first-order valence-corrected chi connectivity index (χ1v) is 11.1. The van der Waals surface area contributed by atoms with E-state index in [4.69, 9.17) is 0 Å². The Bertz CT molecular complexity index is 1200. The van der Waals surface area contributed by atoms with Crippen molar-refractivity contribution in [2.45, 2.75) is 25.3 Å². The summed E-state index contributed by atoms with van der Waals surface area (Å²) in [7, 11) is 0. The largest absolute Gasteiger partial charge is 0.325 e. The van der Waals surface area contributed by atoms with Crippen LogP contribution in [-0.4, -0.2) is 29.3 Å². The maximum absolute atomic E-state index is 13.3. The molecule has 8 nitrogen and oxygen atoms in total. The van der Waals surface area contributed by atoms with Crippen LogP contribution < -0.4 is 10.6 Å². The van der Waals surface area contributed by atoms with Gasteiger partial charge < -0.3 is 10.6 Å². The van der Waals surface area contributed by atoms with E-state index in [1.54, 1.807) is 24.3 Å². The van der Waals surface area contributed by atoms with E-state index in [0.717, 1.165) is 10.6 Å². The van der Waals surface area contributed by atoms with Crippen molar-refractivity contribution in [3.63, 3.8) is 0 Å².